The molecule has 1 amide bonds. The lowest BCUT2D eigenvalue weighted by Gasteiger charge is -2.22. The van der Waals surface area contributed by atoms with E-state index in [1.165, 1.54) is 18.8 Å². The van der Waals surface area contributed by atoms with Gasteiger partial charge in [0, 0.05) is 48.4 Å². The highest BCUT2D eigenvalue weighted by molar-refractivity contribution is 6.41. The van der Waals surface area contributed by atoms with Gasteiger partial charge in [0.2, 0.25) is 0 Å². The van der Waals surface area contributed by atoms with Crippen LogP contribution < -0.4 is 25.7 Å². The largest absolute Gasteiger partial charge is 0.495 e. The number of carbonyl (C=O) groups excluding carboxylic acids is 1. The lowest BCUT2D eigenvalue weighted by Crippen LogP contribution is -2.42. The number of hydrogen-bond donors (Lipinski definition) is 2. The van der Waals surface area contributed by atoms with Gasteiger partial charge in [-0.15, -0.1) is 6.42 Å². The molecule has 0 radical (unpaired) electrons. The summed E-state index contributed by atoms with van der Waals surface area (Å²) < 4.78 is 12.2. The predicted octanol–water partition coefficient (Wildman–Crippen LogP) is 4.01. The van der Waals surface area contributed by atoms with E-state index in [9.17, 15) is 9.59 Å². The number of aromatic nitrogens is 2. The zero-order valence-corrected chi connectivity index (χ0v) is 21.0. The number of hydrogen-bond acceptors (Lipinski definition) is 6. The summed E-state index contributed by atoms with van der Waals surface area (Å²) in [5, 5.41) is 7.35. The van der Waals surface area contributed by atoms with Gasteiger partial charge in [-0.1, -0.05) is 23.2 Å². The third-order valence-corrected chi connectivity index (χ3v) is 7.00. The molecule has 8 nitrogen and oxygen atoms in total. The van der Waals surface area contributed by atoms with Crippen molar-refractivity contribution < 1.29 is 14.3 Å². The van der Waals surface area contributed by atoms with Gasteiger partial charge < -0.3 is 24.7 Å². The fraction of sp³-hybridized carbons (Fsp3) is 0.320. The molecule has 182 valence electrons. The van der Waals surface area contributed by atoms with Crippen LogP contribution in [0.3, 0.4) is 0 Å². The Morgan fingerprint density at radius 2 is 1.80 bits per heavy atom. The Kier molecular flexibility index (Phi) is 7.10. The molecular formula is C25H24Cl2N4O4. The number of pyridine rings is 2. The van der Waals surface area contributed by atoms with Gasteiger partial charge in [0.05, 0.1) is 35.3 Å². The highest BCUT2D eigenvalue weighted by Crippen LogP contribution is 2.45. The summed E-state index contributed by atoms with van der Waals surface area (Å²) in [6, 6.07) is 4.96. The minimum atomic E-state index is -0.434. The second kappa shape index (κ2) is 10.1. The molecule has 2 unspecified atom stereocenters. The number of halogens is 2. The molecule has 2 heterocycles. The summed E-state index contributed by atoms with van der Waals surface area (Å²) in [7, 11) is 4.62. The van der Waals surface area contributed by atoms with Crippen molar-refractivity contribution in [3.05, 3.63) is 44.8 Å². The molecule has 0 aliphatic heterocycles. The summed E-state index contributed by atoms with van der Waals surface area (Å²) in [5.41, 5.74) is 0.990. The number of aryl methyl sites for hydroxylation is 1. The maximum atomic E-state index is 13.4. The minimum absolute atomic E-state index is 0.0181. The molecule has 1 fully saturated rings. The zero-order valence-electron chi connectivity index (χ0n) is 19.4. The molecule has 0 saturated heterocycles. The third-order valence-electron chi connectivity index (χ3n) is 6.25. The van der Waals surface area contributed by atoms with Gasteiger partial charge in [-0.3, -0.25) is 9.59 Å². The number of carbonyl (C=O) groups is 1. The van der Waals surface area contributed by atoms with Crippen molar-refractivity contribution in [2.45, 2.75) is 31.3 Å². The van der Waals surface area contributed by atoms with Crippen LogP contribution in [-0.2, 0) is 11.8 Å². The van der Waals surface area contributed by atoms with Gasteiger partial charge in [-0.25, -0.2) is 4.98 Å². The van der Waals surface area contributed by atoms with E-state index in [1.54, 1.807) is 31.4 Å². The number of fused-ring (bicyclic) bond motifs is 1. The van der Waals surface area contributed by atoms with E-state index in [2.05, 4.69) is 21.5 Å². The summed E-state index contributed by atoms with van der Waals surface area (Å²) in [6.45, 7) is 0. The van der Waals surface area contributed by atoms with E-state index < -0.39 is 5.91 Å². The number of rotatable bonds is 6. The fourth-order valence-electron chi connectivity index (χ4n) is 4.45. The number of ether oxygens (including phenoxy) is 2. The predicted molar refractivity (Wildman–Crippen MR) is 138 cm³/mol. The molecule has 4 rings (SSSR count). The lowest BCUT2D eigenvalue weighted by atomic mass is 10.0. The van der Waals surface area contributed by atoms with E-state index in [0.29, 0.717) is 39.3 Å². The summed E-state index contributed by atoms with van der Waals surface area (Å²) in [4.78, 5) is 29.6. The molecule has 10 heteroatoms. The number of nitrogens with one attached hydrogen (secondary N) is 2. The van der Waals surface area contributed by atoms with Crippen molar-refractivity contribution >= 4 is 45.8 Å². The molecule has 1 saturated carbocycles. The summed E-state index contributed by atoms with van der Waals surface area (Å²) >= 11 is 13.1. The van der Waals surface area contributed by atoms with Gasteiger partial charge in [-0.05, 0) is 31.2 Å². The van der Waals surface area contributed by atoms with Crippen LogP contribution in [0.25, 0.3) is 22.0 Å². The fourth-order valence-corrected chi connectivity index (χ4v) is 5.15. The normalized spacial score (nSPS) is 17.1. The van der Waals surface area contributed by atoms with E-state index in [-0.39, 0.29) is 27.7 Å². The van der Waals surface area contributed by atoms with Gasteiger partial charge in [0.15, 0.2) is 0 Å². The molecule has 2 aromatic heterocycles. The van der Waals surface area contributed by atoms with Crippen molar-refractivity contribution in [1.29, 1.82) is 0 Å². The van der Waals surface area contributed by atoms with Gasteiger partial charge >= 0.3 is 0 Å². The molecule has 0 spiro atoms. The van der Waals surface area contributed by atoms with Crippen LogP contribution in [0.5, 0.6) is 11.5 Å². The van der Waals surface area contributed by atoms with Gasteiger partial charge in [-0.2, -0.15) is 0 Å². The van der Waals surface area contributed by atoms with Gasteiger partial charge in [0.1, 0.15) is 17.3 Å². The Morgan fingerprint density at radius 1 is 1.14 bits per heavy atom. The highest BCUT2D eigenvalue weighted by atomic mass is 35.5. The summed E-state index contributed by atoms with van der Waals surface area (Å²) in [6.07, 6.45) is 9.50. The van der Waals surface area contributed by atoms with Crippen LogP contribution in [0.2, 0.25) is 10.0 Å². The van der Waals surface area contributed by atoms with Crippen molar-refractivity contribution in [3.63, 3.8) is 0 Å². The first kappa shape index (κ1) is 24.7. The molecular weight excluding hydrogens is 491 g/mol. The van der Waals surface area contributed by atoms with Crippen LogP contribution in [0, 0.1) is 12.3 Å². The molecule has 3 aromatic rings. The van der Waals surface area contributed by atoms with Crippen molar-refractivity contribution in [1.82, 2.24) is 14.9 Å². The Hall–Kier alpha value is -3.41. The topological polar surface area (TPSA) is 94.5 Å². The van der Waals surface area contributed by atoms with Crippen molar-refractivity contribution in [2.75, 3.05) is 19.5 Å². The van der Waals surface area contributed by atoms with Gasteiger partial charge in [0.25, 0.3) is 11.5 Å². The quantitative estimate of drug-likeness (QED) is 0.482. The minimum Gasteiger partial charge on any atom is -0.495 e. The van der Waals surface area contributed by atoms with E-state index in [4.69, 9.17) is 39.1 Å². The zero-order chi connectivity index (χ0) is 25.3. The van der Waals surface area contributed by atoms with E-state index in [0.717, 1.165) is 19.3 Å². The first-order valence-electron chi connectivity index (χ1n) is 10.9. The Labute approximate surface area is 212 Å². The van der Waals surface area contributed by atoms with E-state index >= 15 is 0 Å². The molecule has 35 heavy (non-hydrogen) atoms. The maximum Gasteiger partial charge on any atom is 0.295 e. The number of benzene rings is 1. The maximum absolute atomic E-state index is 13.4. The number of methoxy groups -OCH3 is 2. The molecule has 1 aromatic carbocycles. The van der Waals surface area contributed by atoms with Crippen LogP contribution >= 0.6 is 23.2 Å². The molecule has 2 N–H and O–H groups in total. The Morgan fingerprint density at radius 3 is 2.43 bits per heavy atom. The molecule has 0 bridgehead atoms. The third kappa shape index (κ3) is 4.62. The number of anilines is 1. The Balaban J connectivity index is 1.75. The number of amides is 1. The average Bonchev–Trinajstić information content (AvgIpc) is 3.28. The first-order valence-corrected chi connectivity index (χ1v) is 11.7. The lowest BCUT2D eigenvalue weighted by molar-refractivity contribution is -0.116. The standard InChI is InChI=1S/C25H24Cl2N4O4/c1-5-21(32)30-16-8-6-7-15(16)29-20-10-17-13(12-28-20)9-14(25(33)31(17)2)22-23(26)18(34-3)11-19(35-4)24(22)27/h1,9-12,15-16H,6-8H2,2-4H3,(H,28,29)(H,30,32). The Bertz CT molecular complexity index is 1390. The first-order chi connectivity index (χ1) is 16.8. The molecule has 1 aliphatic carbocycles. The van der Waals surface area contributed by atoms with Crippen molar-refractivity contribution in [3.8, 4) is 35.0 Å². The molecule has 1 aliphatic rings. The average molecular weight is 515 g/mol. The van der Waals surface area contributed by atoms with Crippen molar-refractivity contribution in [2.24, 2.45) is 7.05 Å². The van der Waals surface area contributed by atoms with Crippen LogP contribution in [-0.4, -0.2) is 41.8 Å². The van der Waals surface area contributed by atoms with Crippen LogP contribution in [0.15, 0.2) is 29.2 Å². The smallest absolute Gasteiger partial charge is 0.295 e. The van der Waals surface area contributed by atoms with E-state index in [1.807, 2.05) is 0 Å². The second-order valence-electron chi connectivity index (χ2n) is 8.24. The number of terminal acetylenes is 1. The monoisotopic (exact) mass is 514 g/mol. The second-order valence-corrected chi connectivity index (χ2v) is 9.00. The molecule has 2 atom stereocenters. The summed E-state index contributed by atoms with van der Waals surface area (Å²) in [5.74, 6) is 2.92. The highest BCUT2D eigenvalue weighted by Gasteiger charge is 2.29. The van der Waals surface area contributed by atoms with Crippen LogP contribution in [0.4, 0.5) is 5.82 Å². The van der Waals surface area contributed by atoms with Crippen LogP contribution in [0.1, 0.15) is 19.3 Å². The number of nitrogens with zero attached hydrogens (tertiary/aromatic N) is 2. The SMILES string of the molecule is C#CC(=O)NC1CCCC1Nc1cc2c(cn1)cc(-c1c(Cl)c(OC)cc(OC)c1Cl)c(=O)n2C.